The first-order chi connectivity index (χ1) is 15.1. The molecule has 5 rings (SSSR count). The molecule has 9 heteroatoms. The van der Waals surface area contributed by atoms with Crippen LogP contribution in [0.4, 0.5) is 0 Å². The average molecular weight is 441 g/mol. The third kappa shape index (κ3) is 4.00. The molecule has 1 aromatic carbocycles. The van der Waals surface area contributed by atoms with Crippen LogP contribution in [0.1, 0.15) is 30.2 Å². The summed E-state index contributed by atoms with van der Waals surface area (Å²) in [5, 5.41) is 8.55. The van der Waals surface area contributed by atoms with E-state index in [-0.39, 0.29) is 17.1 Å². The number of aromatic nitrogens is 3. The molecule has 31 heavy (non-hydrogen) atoms. The van der Waals surface area contributed by atoms with E-state index in [1.165, 1.54) is 0 Å². The van der Waals surface area contributed by atoms with Gasteiger partial charge in [0.15, 0.2) is 0 Å². The van der Waals surface area contributed by atoms with Crippen molar-refractivity contribution in [2.24, 2.45) is 5.41 Å². The Balaban J connectivity index is 1.44. The van der Waals surface area contributed by atoms with Gasteiger partial charge in [-0.2, -0.15) is 0 Å². The summed E-state index contributed by atoms with van der Waals surface area (Å²) >= 11 is 0. The second-order valence-electron chi connectivity index (χ2n) is 8.24. The van der Waals surface area contributed by atoms with Crippen molar-refractivity contribution in [3.05, 3.63) is 66.3 Å². The van der Waals surface area contributed by atoms with Gasteiger partial charge in [-0.1, -0.05) is 30.3 Å². The van der Waals surface area contributed by atoms with Crippen LogP contribution in [-0.4, -0.2) is 54.2 Å². The minimum absolute atomic E-state index is 0.0146. The second kappa shape index (κ2) is 8.14. The van der Waals surface area contributed by atoms with Gasteiger partial charge in [-0.15, -0.1) is 10.2 Å². The number of hydrogen-bond acceptors (Lipinski definition) is 7. The molecule has 0 saturated carbocycles. The molecule has 0 aliphatic carbocycles. The summed E-state index contributed by atoms with van der Waals surface area (Å²) < 4.78 is 39.7. The van der Waals surface area contributed by atoms with E-state index in [2.05, 4.69) is 15.2 Å². The van der Waals surface area contributed by atoms with E-state index in [0.717, 1.165) is 24.0 Å². The van der Waals surface area contributed by atoms with Gasteiger partial charge >= 0.3 is 0 Å². The summed E-state index contributed by atoms with van der Waals surface area (Å²) in [5.41, 5.74) is 1.32. The van der Waals surface area contributed by atoms with Crippen molar-refractivity contribution in [3.8, 4) is 11.5 Å². The Bertz CT molecular complexity index is 1130. The van der Waals surface area contributed by atoms with E-state index in [0.29, 0.717) is 38.1 Å². The molecule has 0 amide bonds. The molecule has 0 radical (unpaired) electrons. The Kier molecular flexibility index (Phi) is 5.33. The van der Waals surface area contributed by atoms with Crippen molar-refractivity contribution < 1.29 is 17.6 Å². The van der Waals surface area contributed by atoms with Crippen molar-refractivity contribution in [2.75, 3.05) is 26.3 Å². The zero-order valence-electron chi connectivity index (χ0n) is 17.1. The van der Waals surface area contributed by atoms with Crippen molar-refractivity contribution in [2.45, 2.75) is 24.5 Å². The molecule has 8 nitrogen and oxygen atoms in total. The Morgan fingerprint density at radius 2 is 1.77 bits per heavy atom. The predicted molar refractivity (Wildman–Crippen MR) is 113 cm³/mol. The highest BCUT2D eigenvalue weighted by Crippen LogP contribution is 2.50. The van der Waals surface area contributed by atoms with Gasteiger partial charge in [-0.3, -0.25) is 4.98 Å². The number of pyridine rings is 1. The lowest BCUT2D eigenvalue weighted by atomic mass is 9.72. The van der Waals surface area contributed by atoms with Gasteiger partial charge in [0, 0.05) is 49.7 Å². The van der Waals surface area contributed by atoms with Gasteiger partial charge in [-0.05, 0) is 30.5 Å². The van der Waals surface area contributed by atoms with Crippen LogP contribution in [-0.2, 0) is 20.5 Å². The Morgan fingerprint density at radius 1 is 1.03 bits per heavy atom. The standard InChI is InChI=1S/C22H24N4O4S/c27-31(28,15-17-4-2-1-3-5-17)26-14-19(22(16-26)8-12-29-13-9-22)21-25-24-20(30-21)18-6-10-23-11-7-18/h1-7,10-11,19H,8-9,12-16H2. The van der Waals surface area contributed by atoms with Gasteiger partial charge < -0.3 is 9.15 Å². The maximum Gasteiger partial charge on any atom is 0.247 e. The van der Waals surface area contributed by atoms with Crippen LogP contribution >= 0.6 is 0 Å². The molecule has 3 aromatic rings. The highest BCUT2D eigenvalue weighted by Gasteiger charge is 2.53. The third-order valence-corrected chi connectivity index (χ3v) is 8.12. The largest absolute Gasteiger partial charge is 0.420 e. The van der Waals surface area contributed by atoms with Crippen LogP contribution < -0.4 is 0 Å². The fourth-order valence-corrected chi connectivity index (χ4v) is 6.25. The van der Waals surface area contributed by atoms with Gasteiger partial charge in [0.2, 0.25) is 21.8 Å². The van der Waals surface area contributed by atoms with Crippen molar-refractivity contribution in [1.82, 2.24) is 19.5 Å². The number of benzene rings is 1. The zero-order valence-corrected chi connectivity index (χ0v) is 17.9. The molecular formula is C22H24N4O4S. The zero-order chi connectivity index (χ0) is 21.3. The highest BCUT2D eigenvalue weighted by molar-refractivity contribution is 7.88. The monoisotopic (exact) mass is 440 g/mol. The van der Waals surface area contributed by atoms with Crippen LogP contribution in [0.5, 0.6) is 0 Å². The summed E-state index contributed by atoms with van der Waals surface area (Å²) in [4.78, 5) is 4.02. The lowest BCUT2D eigenvalue weighted by Gasteiger charge is -2.36. The van der Waals surface area contributed by atoms with Gasteiger partial charge in [0.1, 0.15) is 0 Å². The lowest BCUT2D eigenvalue weighted by molar-refractivity contribution is 0.0112. The minimum atomic E-state index is -3.48. The Morgan fingerprint density at radius 3 is 2.52 bits per heavy atom. The normalized spacial score (nSPS) is 21.5. The molecule has 1 atom stereocenters. The predicted octanol–water partition coefficient (Wildman–Crippen LogP) is 2.86. The molecule has 2 fully saturated rings. The molecule has 0 bridgehead atoms. The smallest absolute Gasteiger partial charge is 0.247 e. The fraction of sp³-hybridized carbons (Fsp3) is 0.409. The third-order valence-electron chi connectivity index (χ3n) is 6.36. The van der Waals surface area contributed by atoms with Gasteiger partial charge in [0.05, 0.1) is 11.7 Å². The Labute approximate surface area is 181 Å². The fourth-order valence-electron chi connectivity index (χ4n) is 4.62. The van der Waals surface area contributed by atoms with E-state index in [1.54, 1.807) is 16.7 Å². The Hall–Kier alpha value is -2.62. The van der Waals surface area contributed by atoms with E-state index < -0.39 is 10.0 Å². The summed E-state index contributed by atoms with van der Waals surface area (Å²) in [6.45, 7) is 2.00. The summed E-state index contributed by atoms with van der Waals surface area (Å²) in [6.07, 6.45) is 4.88. The molecular weight excluding hydrogens is 416 g/mol. The molecule has 1 unspecified atom stereocenters. The first-order valence-electron chi connectivity index (χ1n) is 10.4. The lowest BCUT2D eigenvalue weighted by Crippen LogP contribution is -2.37. The number of sulfonamides is 1. The second-order valence-corrected chi connectivity index (χ2v) is 10.2. The molecule has 2 aliphatic rings. The first kappa shape index (κ1) is 20.3. The van der Waals surface area contributed by atoms with Gasteiger partial charge in [-0.25, -0.2) is 12.7 Å². The van der Waals surface area contributed by atoms with E-state index in [9.17, 15) is 8.42 Å². The first-order valence-corrected chi connectivity index (χ1v) is 12.0. The maximum absolute atomic E-state index is 13.3. The highest BCUT2D eigenvalue weighted by atomic mass is 32.2. The van der Waals surface area contributed by atoms with Crippen molar-refractivity contribution in [3.63, 3.8) is 0 Å². The van der Waals surface area contributed by atoms with Crippen LogP contribution in [0.15, 0.2) is 59.3 Å². The van der Waals surface area contributed by atoms with E-state index >= 15 is 0 Å². The minimum Gasteiger partial charge on any atom is -0.420 e. The van der Waals surface area contributed by atoms with Gasteiger partial charge in [0.25, 0.3) is 0 Å². The van der Waals surface area contributed by atoms with Crippen LogP contribution in [0.3, 0.4) is 0 Å². The number of rotatable bonds is 5. The average Bonchev–Trinajstić information content (AvgIpc) is 3.41. The van der Waals surface area contributed by atoms with E-state index in [1.807, 2.05) is 42.5 Å². The molecule has 162 valence electrons. The summed E-state index contributed by atoms with van der Waals surface area (Å²) in [7, 11) is -3.48. The summed E-state index contributed by atoms with van der Waals surface area (Å²) in [6, 6.07) is 12.9. The quantitative estimate of drug-likeness (QED) is 0.602. The van der Waals surface area contributed by atoms with Crippen LogP contribution in [0, 0.1) is 5.41 Å². The number of ether oxygens (including phenoxy) is 1. The number of hydrogen-bond donors (Lipinski definition) is 0. The van der Waals surface area contributed by atoms with Crippen LogP contribution in [0.2, 0.25) is 0 Å². The molecule has 2 saturated heterocycles. The molecule has 4 heterocycles. The maximum atomic E-state index is 13.3. The SMILES string of the molecule is O=S(=O)(Cc1ccccc1)N1CC(c2nnc(-c3ccncc3)o2)C2(CCOCC2)C1. The van der Waals surface area contributed by atoms with Crippen molar-refractivity contribution in [1.29, 1.82) is 0 Å². The van der Waals surface area contributed by atoms with Crippen molar-refractivity contribution >= 4 is 10.0 Å². The topological polar surface area (TPSA) is 98.4 Å². The molecule has 1 spiro atoms. The molecule has 0 N–H and O–H groups in total. The number of nitrogens with zero attached hydrogens (tertiary/aromatic N) is 4. The molecule has 2 aromatic heterocycles. The summed E-state index contributed by atoms with van der Waals surface area (Å²) in [5.74, 6) is 0.737. The molecule has 2 aliphatic heterocycles. The van der Waals surface area contributed by atoms with E-state index in [4.69, 9.17) is 9.15 Å². The van der Waals surface area contributed by atoms with Crippen LogP contribution in [0.25, 0.3) is 11.5 Å².